The number of amides is 2. The molecule has 35 heavy (non-hydrogen) atoms. The fourth-order valence-corrected chi connectivity index (χ4v) is 3.01. The van der Waals surface area contributed by atoms with Crippen LogP contribution in [-0.2, 0) is 20.9 Å². The van der Waals surface area contributed by atoms with Gasteiger partial charge in [-0.05, 0) is 67.1 Å². The summed E-state index contributed by atoms with van der Waals surface area (Å²) in [6.45, 7) is 2.27. The standard InChI is InChI=1S/C24H22BrN3O7/c1-3-33-21-12-15(4-10-19(21)34-14-18-9-11-20(35-18)24(31)32-2)13-26-28-23(30)22(29)27-17-7-5-16(25)6-8-17/h4-13H,3,14H2,1-2H3,(H,27,29)(H,28,30)/b26-13+. The van der Waals surface area contributed by atoms with Crippen molar-refractivity contribution in [3.8, 4) is 11.5 Å². The van der Waals surface area contributed by atoms with Gasteiger partial charge >= 0.3 is 17.8 Å². The summed E-state index contributed by atoms with van der Waals surface area (Å²) in [5.41, 5.74) is 3.25. The van der Waals surface area contributed by atoms with Crippen molar-refractivity contribution in [2.45, 2.75) is 13.5 Å². The normalized spacial score (nSPS) is 10.6. The Morgan fingerprint density at radius 2 is 1.77 bits per heavy atom. The number of carbonyl (C=O) groups excluding carboxylic acids is 3. The zero-order chi connectivity index (χ0) is 25.2. The summed E-state index contributed by atoms with van der Waals surface area (Å²) in [5, 5.41) is 6.30. The molecule has 0 atom stereocenters. The first-order valence-electron chi connectivity index (χ1n) is 10.4. The van der Waals surface area contributed by atoms with Crippen molar-refractivity contribution in [1.29, 1.82) is 0 Å². The number of methoxy groups -OCH3 is 1. The minimum absolute atomic E-state index is 0.0635. The van der Waals surface area contributed by atoms with Crippen LogP contribution in [0.3, 0.4) is 0 Å². The molecule has 0 unspecified atom stereocenters. The molecule has 0 saturated carbocycles. The molecule has 0 spiro atoms. The van der Waals surface area contributed by atoms with Gasteiger partial charge in [-0.15, -0.1) is 0 Å². The van der Waals surface area contributed by atoms with Gasteiger partial charge in [0.2, 0.25) is 5.76 Å². The predicted octanol–water partition coefficient (Wildman–Crippen LogP) is 3.90. The van der Waals surface area contributed by atoms with Crippen LogP contribution in [0.15, 0.2) is 68.6 Å². The van der Waals surface area contributed by atoms with Crippen molar-refractivity contribution in [1.82, 2.24) is 5.43 Å². The van der Waals surface area contributed by atoms with Crippen molar-refractivity contribution in [3.05, 3.63) is 76.2 Å². The van der Waals surface area contributed by atoms with Gasteiger partial charge in [-0.1, -0.05) is 15.9 Å². The number of nitrogens with one attached hydrogen (secondary N) is 2. The fourth-order valence-electron chi connectivity index (χ4n) is 2.74. The third kappa shape index (κ3) is 7.44. The summed E-state index contributed by atoms with van der Waals surface area (Å²) in [6.07, 6.45) is 1.37. The number of furan rings is 1. The SMILES string of the molecule is CCOc1cc(/C=N/NC(=O)C(=O)Nc2ccc(Br)cc2)ccc1OCc1ccc(C(=O)OC)o1. The van der Waals surface area contributed by atoms with Gasteiger partial charge in [0, 0.05) is 10.2 Å². The molecule has 0 saturated heterocycles. The van der Waals surface area contributed by atoms with Gasteiger partial charge in [0.15, 0.2) is 11.5 Å². The van der Waals surface area contributed by atoms with E-state index in [1.54, 1.807) is 48.5 Å². The quantitative estimate of drug-likeness (QED) is 0.181. The summed E-state index contributed by atoms with van der Waals surface area (Å²) >= 11 is 3.30. The highest BCUT2D eigenvalue weighted by Crippen LogP contribution is 2.29. The van der Waals surface area contributed by atoms with Crippen LogP contribution in [0, 0.1) is 0 Å². The van der Waals surface area contributed by atoms with Crippen LogP contribution in [0.1, 0.15) is 28.8 Å². The second kappa shape index (κ2) is 12.4. The molecule has 2 N–H and O–H groups in total. The number of halogens is 1. The second-order valence-corrected chi connectivity index (χ2v) is 7.76. The summed E-state index contributed by atoms with van der Waals surface area (Å²) in [7, 11) is 1.27. The molecule has 0 fully saturated rings. The van der Waals surface area contributed by atoms with Crippen LogP contribution in [0.25, 0.3) is 0 Å². The van der Waals surface area contributed by atoms with Crippen LogP contribution >= 0.6 is 15.9 Å². The Morgan fingerprint density at radius 3 is 2.49 bits per heavy atom. The van der Waals surface area contributed by atoms with Crippen LogP contribution in [0.5, 0.6) is 11.5 Å². The number of rotatable bonds is 9. The van der Waals surface area contributed by atoms with E-state index in [2.05, 4.69) is 36.5 Å². The second-order valence-electron chi connectivity index (χ2n) is 6.85. The van der Waals surface area contributed by atoms with Gasteiger partial charge < -0.3 is 23.9 Å². The van der Waals surface area contributed by atoms with E-state index in [-0.39, 0.29) is 12.4 Å². The van der Waals surface area contributed by atoms with Gasteiger partial charge in [0.05, 0.1) is 19.9 Å². The Bertz CT molecular complexity index is 1220. The van der Waals surface area contributed by atoms with Gasteiger partial charge in [-0.2, -0.15) is 5.10 Å². The van der Waals surface area contributed by atoms with Crippen molar-refractivity contribution in [2.24, 2.45) is 5.10 Å². The van der Waals surface area contributed by atoms with E-state index >= 15 is 0 Å². The van der Waals surface area contributed by atoms with Crippen molar-refractivity contribution >= 4 is 45.6 Å². The molecule has 0 aliphatic heterocycles. The van der Waals surface area contributed by atoms with Gasteiger partial charge in [0.1, 0.15) is 12.4 Å². The number of hydrazone groups is 1. The highest BCUT2D eigenvalue weighted by molar-refractivity contribution is 9.10. The smallest absolute Gasteiger partial charge is 0.373 e. The number of nitrogens with zero attached hydrogens (tertiary/aromatic N) is 1. The molecule has 1 heterocycles. The molecule has 2 aromatic carbocycles. The topological polar surface area (TPSA) is 128 Å². The summed E-state index contributed by atoms with van der Waals surface area (Å²) in [5.74, 6) is -0.950. The van der Waals surface area contributed by atoms with Crippen LogP contribution in [-0.4, -0.2) is 37.7 Å². The Kier molecular flexibility index (Phi) is 9.02. The largest absolute Gasteiger partial charge is 0.490 e. The lowest BCUT2D eigenvalue weighted by atomic mass is 10.2. The highest BCUT2D eigenvalue weighted by atomic mass is 79.9. The first-order valence-corrected chi connectivity index (χ1v) is 11.2. The molecule has 0 aliphatic rings. The molecule has 3 rings (SSSR count). The van der Waals surface area contributed by atoms with Crippen molar-refractivity contribution < 1.29 is 33.0 Å². The van der Waals surface area contributed by atoms with Crippen LogP contribution in [0.2, 0.25) is 0 Å². The minimum atomic E-state index is -0.918. The van der Waals surface area contributed by atoms with Crippen molar-refractivity contribution in [2.75, 3.05) is 19.0 Å². The molecule has 0 bridgehead atoms. The van der Waals surface area contributed by atoms with E-state index in [0.717, 1.165) is 4.47 Å². The maximum Gasteiger partial charge on any atom is 0.373 e. The van der Waals surface area contributed by atoms with E-state index in [4.69, 9.17) is 13.9 Å². The third-order valence-electron chi connectivity index (χ3n) is 4.37. The first-order chi connectivity index (χ1) is 16.9. The Balaban J connectivity index is 1.58. The number of hydrogen-bond acceptors (Lipinski definition) is 8. The van der Waals surface area contributed by atoms with Gasteiger partial charge in [0.25, 0.3) is 0 Å². The number of carbonyl (C=O) groups is 3. The third-order valence-corrected chi connectivity index (χ3v) is 4.90. The van der Waals surface area contributed by atoms with E-state index < -0.39 is 17.8 Å². The summed E-state index contributed by atoms with van der Waals surface area (Å²) in [4.78, 5) is 35.5. The molecule has 10 nitrogen and oxygen atoms in total. The lowest BCUT2D eigenvalue weighted by Crippen LogP contribution is -2.32. The van der Waals surface area contributed by atoms with Crippen LogP contribution < -0.4 is 20.2 Å². The van der Waals surface area contributed by atoms with Crippen LogP contribution in [0.4, 0.5) is 5.69 Å². The summed E-state index contributed by atoms with van der Waals surface area (Å²) in [6, 6.07) is 14.9. The maximum absolute atomic E-state index is 12.0. The number of benzene rings is 2. The molecule has 1 aromatic heterocycles. The van der Waals surface area contributed by atoms with Crippen molar-refractivity contribution in [3.63, 3.8) is 0 Å². The number of anilines is 1. The molecule has 11 heteroatoms. The zero-order valence-corrected chi connectivity index (χ0v) is 20.5. The van der Waals surface area contributed by atoms with Gasteiger partial charge in [-0.25, -0.2) is 10.2 Å². The Hall–Kier alpha value is -4.12. The van der Waals surface area contributed by atoms with E-state index in [1.807, 2.05) is 6.92 Å². The lowest BCUT2D eigenvalue weighted by molar-refractivity contribution is -0.136. The van der Waals surface area contributed by atoms with E-state index in [0.29, 0.717) is 35.1 Å². The number of ether oxygens (including phenoxy) is 3. The van der Waals surface area contributed by atoms with E-state index in [9.17, 15) is 14.4 Å². The molecule has 2 amide bonds. The minimum Gasteiger partial charge on any atom is -0.490 e. The average Bonchev–Trinajstić information content (AvgIpc) is 3.33. The molecular weight excluding hydrogens is 522 g/mol. The molecule has 182 valence electrons. The average molecular weight is 544 g/mol. The Morgan fingerprint density at radius 1 is 1.00 bits per heavy atom. The first kappa shape index (κ1) is 25.5. The molecule has 0 aliphatic carbocycles. The summed E-state index contributed by atoms with van der Waals surface area (Å²) < 4.78 is 22.2. The predicted molar refractivity (Wildman–Crippen MR) is 130 cm³/mol. The molecule has 0 radical (unpaired) electrons. The molecule has 3 aromatic rings. The molecular formula is C24H22BrN3O7. The van der Waals surface area contributed by atoms with Gasteiger partial charge in [-0.3, -0.25) is 9.59 Å². The Labute approximate surface area is 209 Å². The van der Waals surface area contributed by atoms with E-state index in [1.165, 1.54) is 19.4 Å². The fraction of sp³-hybridized carbons (Fsp3) is 0.167. The maximum atomic E-state index is 12.0. The number of hydrogen-bond donors (Lipinski definition) is 2. The monoisotopic (exact) mass is 543 g/mol. The zero-order valence-electron chi connectivity index (χ0n) is 18.9. The highest BCUT2D eigenvalue weighted by Gasteiger charge is 2.14. The lowest BCUT2D eigenvalue weighted by Gasteiger charge is -2.11. The number of esters is 1.